The summed E-state index contributed by atoms with van der Waals surface area (Å²) in [5.74, 6) is 4.27. The molecular weight excluding hydrogens is 689 g/mol. The number of nitrogens with zero attached hydrogens (tertiary/aromatic N) is 4. The van der Waals surface area contributed by atoms with Crippen molar-refractivity contribution in [2.24, 2.45) is 0 Å². The highest BCUT2D eigenvalue weighted by Crippen LogP contribution is 2.66. The van der Waals surface area contributed by atoms with E-state index in [1.165, 1.54) is 11.1 Å². The van der Waals surface area contributed by atoms with E-state index in [9.17, 15) is 0 Å². The van der Waals surface area contributed by atoms with Crippen LogP contribution in [0.4, 0.5) is 11.4 Å². The number of fused-ring (bicyclic) bond motifs is 12. The van der Waals surface area contributed by atoms with Crippen molar-refractivity contribution in [2.45, 2.75) is 5.41 Å². The van der Waals surface area contributed by atoms with Gasteiger partial charge in [-0.1, -0.05) is 140 Å². The van der Waals surface area contributed by atoms with Gasteiger partial charge in [0.2, 0.25) is 0 Å². The molecule has 0 radical (unpaired) electrons. The third-order valence-corrected chi connectivity index (χ3v) is 11.3. The molecule has 12 rings (SSSR count). The largest absolute Gasteiger partial charge is 0.459 e. The van der Waals surface area contributed by atoms with Crippen LogP contribution in [0.25, 0.3) is 62.0 Å². The number of anilines is 2. The van der Waals surface area contributed by atoms with Gasteiger partial charge in [0.05, 0.1) is 16.9 Å². The first kappa shape index (κ1) is 30.8. The molecule has 1 spiro atoms. The van der Waals surface area contributed by atoms with Crippen LogP contribution in [0.3, 0.4) is 0 Å². The maximum absolute atomic E-state index is 7.24. The normalized spacial score (nSPS) is 14.2. The minimum absolute atomic E-state index is 0.582. The summed E-state index contributed by atoms with van der Waals surface area (Å²) in [5, 5.41) is 0.954. The lowest BCUT2D eigenvalue weighted by molar-refractivity contribution is 0.346. The number of para-hydroxylation sites is 3. The molecule has 56 heavy (non-hydrogen) atoms. The lowest BCUT2D eigenvalue weighted by atomic mass is 9.76. The maximum Gasteiger partial charge on any atom is 0.164 e. The molecule has 1 aliphatic heterocycles. The molecule has 7 aromatic carbocycles. The molecule has 2 aromatic heterocycles. The molecule has 0 N–H and O–H groups in total. The smallest absolute Gasteiger partial charge is 0.164 e. The molecule has 0 amide bonds. The number of allylic oxidation sites excluding steroid dienone is 1. The molecule has 6 nitrogen and oxygen atoms in total. The van der Waals surface area contributed by atoms with Gasteiger partial charge in [-0.05, 0) is 64.7 Å². The molecular formula is C50H30N4O2. The average molecular weight is 719 g/mol. The predicted octanol–water partition coefficient (Wildman–Crippen LogP) is 11.8. The summed E-state index contributed by atoms with van der Waals surface area (Å²) >= 11 is 0. The van der Waals surface area contributed by atoms with Gasteiger partial charge >= 0.3 is 0 Å². The van der Waals surface area contributed by atoms with Crippen molar-refractivity contribution < 1.29 is 9.15 Å². The van der Waals surface area contributed by atoms with Crippen LogP contribution in [0.15, 0.2) is 192 Å². The Labute approximate surface area is 322 Å². The van der Waals surface area contributed by atoms with Crippen LogP contribution in [0.1, 0.15) is 22.5 Å². The van der Waals surface area contributed by atoms with Gasteiger partial charge in [-0.2, -0.15) is 0 Å². The molecule has 0 saturated heterocycles. The zero-order valence-corrected chi connectivity index (χ0v) is 29.9. The molecule has 0 unspecified atom stereocenters. The number of rotatable bonds is 4. The molecule has 6 heteroatoms. The van der Waals surface area contributed by atoms with Gasteiger partial charge in [-0.3, -0.25) is 0 Å². The van der Waals surface area contributed by atoms with E-state index in [0.29, 0.717) is 17.5 Å². The Morgan fingerprint density at radius 2 is 1.02 bits per heavy atom. The molecule has 0 atom stereocenters. The van der Waals surface area contributed by atoms with Crippen molar-refractivity contribution in [3.8, 4) is 51.0 Å². The molecule has 2 aliphatic carbocycles. The Kier molecular flexibility index (Phi) is 6.45. The Morgan fingerprint density at radius 1 is 0.482 bits per heavy atom. The lowest BCUT2D eigenvalue weighted by Crippen LogP contribution is -2.32. The van der Waals surface area contributed by atoms with E-state index in [2.05, 4.69) is 120 Å². The van der Waals surface area contributed by atoms with Crippen LogP contribution >= 0.6 is 0 Å². The van der Waals surface area contributed by atoms with Gasteiger partial charge in [0.15, 0.2) is 29.0 Å². The Hall–Kier alpha value is -7.57. The highest BCUT2D eigenvalue weighted by Gasteiger charge is 2.60. The van der Waals surface area contributed by atoms with E-state index in [0.717, 1.165) is 78.7 Å². The van der Waals surface area contributed by atoms with Crippen LogP contribution in [-0.4, -0.2) is 15.0 Å². The minimum Gasteiger partial charge on any atom is -0.459 e. The quantitative estimate of drug-likeness (QED) is 0.180. The predicted molar refractivity (Wildman–Crippen MR) is 220 cm³/mol. The molecule has 0 saturated carbocycles. The average Bonchev–Trinajstić information content (AvgIpc) is 3.89. The number of hydrogen-bond acceptors (Lipinski definition) is 6. The summed E-state index contributed by atoms with van der Waals surface area (Å²) in [7, 11) is 0. The maximum atomic E-state index is 7.24. The van der Waals surface area contributed by atoms with Crippen molar-refractivity contribution >= 4 is 28.0 Å². The first-order valence-electron chi connectivity index (χ1n) is 18.8. The summed E-state index contributed by atoms with van der Waals surface area (Å²) in [4.78, 5) is 17.5. The molecule has 3 aliphatic rings. The van der Waals surface area contributed by atoms with Gasteiger partial charge < -0.3 is 14.1 Å². The van der Waals surface area contributed by atoms with Crippen LogP contribution in [0.5, 0.6) is 5.75 Å². The Morgan fingerprint density at radius 3 is 1.66 bits per heavy atom. The van der Waals surface area contributed by atoms with Crippen molar-refractivity contribution in [3.05, 3.63) is 210 Å². The summed E-state index contributed by atoms with van der Waals surface area (Å²) in [6.45, 7) is 0. The zero-order valence-electron chi connectivity index (χ0n) is 29.9. The Balaban J connectivity index is 1.17. The fraction of sp³-hybridized carbons (Fsp3) is 0.0200. The molecule has 0 fully saturated rings. The van der Waals surface area contributed by atoms with E-state index >= 15 is 0 Å². The molecule has 262 valence electrons. The van der Waals surface area contributed by atoms with Crippen LogP contribution in [-0.2, 0) is 5.41 Å². The van der Waals surface area contributed by atoms with E-state index in [-0.39, 0.29) is 0 Å². The SMILES string of the molecule is c1ccc(-c2nc(-c3ccccc3)nc(-c3ccc4oc5c(c4c3)C3=C(Oc4ccccc4N3c3ccccc3)C53c4ccccc4-c4ccccc43)n2)cc1. The number of hydrogen-bond donors (Lipinski definition) is 0. The van der Waals surface area contributed by atoms with E-state index in [1.54, 1.807) is 0 Å². The number of ether oxygens (including phenoxy) is 1. The Bertz CT molecular complexity index is 2960. The van der Waals surface area contributed by atoms with Gasteiger partial charge in [0, 0.05) is 27.8 Å². The summed E-state index contributed by atoms with van der Waals surface area (Å²) < 4.78 is 14.5. The van der Waals surface area contributed by atoms with Crippen molar-refractivity contribution in [3.63, 3.8) is 0 Å². The monoisotopic (exact) mass is 718 g/mol. The van der Waals surface area contributed by atoms with Crippen molar-refractivity contribution in [1.29, 1.82) is 0 Å². The van der Waals surface area contributed by atoms with E-state index in [1.807, 2.05) is 66.7 Å². The first-order valence-corrected chi connectivity index (χ1v) is 18.8. The van der Waals surface area contributed by atoms with E-state index in [4.69, 9.17) is 24.1 Å². The zero-order chi connectivity index (χ0) is 36.8. The fourth-order valence-electron chi connectivity index (χ4n) is 8.93. The van der Waals surface area contributed by atoms with Crippen molar-refractivity contribution in [2.75, 3.05) is 4.90 Å². The summed E-state index contributed by atoms with van der Waals surface area (Å²) in [5.41, 5.74) is 11.2. The highest BCUT2D eigenvalue weighted by atomic mass is 16.5. The first-order chi connectivity index (χ1) is 27.8. The van der Waals surface area contributed by atoms with Crippen LogP contribution in [0.2, 0.25) is 0 Å². The second-order valence-corrected chi connectivity index (χ2v) is 14.3. The fourth-order valence-corrected chi connectivity index (χ4v) is 8.93. The molecule has 0 bridgehead atoms. The molecule has 3 heterocycles. The van der Waals surface area contributed by atoms with Crippen LogP contribution in [0, 0.1) is 0 Å². The standard InChI is InChI=1S/C50H30N4O2/c1-4-16-31(17-5-1)47-51-48(32-18-6-2-7-19-32)53-49(52-47)33-28-29-41-37(30-33)43-44-46(56-42-27-15-14-26-40(42)54(44)34-20-8-3-9-21-34)50(45(43)55-41)38-24-12-10-22-35(38)36-23-11-13-25-39(36)50/h1-30H. The summed E-state index contributed by atoms with van der Waals surface area (Å²) in [6, 6.07) is 62.6. The van der Waals surface area contributed by atoms with Gasteiger partial charge in [-0.15, -0.1) is 0 Å². The van der Waals surface area contributed by atoms with Crippen molar-refractivity contribution in [1.82, 2.24) is 15.0 Å². The lowest BCUT2D eigenvalue weighted by Gasteiger charge is -2.36. The number of benzene rings is 7. The highest BCUT2D eigenvalue weighted by molar-refractivity contribution is 6.08. The van der Waals surface area contributed by atoms with Gasteiger partial charge in [0.25, 0.3) is 0 Å². The number of furan rings is 1. The third kappa shape index (κ3) is 4.23. The van der Waals surface area contributed by atoms with E-state index < -0.39 is 5.41 Å². The van der Waals surface area contributed by atoms with Crippen LogP contribution < -0.4 is 9.64 Å². The second kappa shape index (κ2) is 11.7. The van der Waals surface area contributed by atoms with Gasteiger partial charge in [-0.25, -0.2) is 15.0 Å². The minimum atomic E-state index is -0.842. The summed E-state index contributed by atoms with van der Waals surface area (Å²) in [6.07, 6.45) is 0. The second-order valence-electron chi connectivity index (χ2n) is 14.3. The third-order valence-electron chi connectivity index (χ3n) is 11.3. The van der Waals surface area contributed by atoms with Gasteiger partial charge in [0.1, 0.15) is 16.8 Å². The molecule has 9 aromatic rings. The topological polar surface area (TPSA) is 64.3 Å². The number of aromatic nitrogens is 3.